The molecule has 96 valence electrons. The summed E-state index contributed by atoms with van der Waals surface area (Å²) in [6, 6.07) is -0.233. The predicted octanol–water partition coefficient (Wildman–Crippen LogP) is 0.828. The summed E-state index contributed by atoms with van der Waals surface area (Å²) in [4.78, 5) is 15.8. The van der Waals surface area contributed by atoms with Crippen LogP contribution in [0.4, 0.5) is 5.13 Å². The van der Waals surface area contributed by atoms with Gasteiger partial charge in [0.05, 0.1) is 6.04 Å². The van der Waals surface area contributed by atoms with E-state index < -0.39 is 0 Å². The van der Waals surface area contributed by atoms with Crippen LogP contribution >= 0.6 is 11.3 Å². The van der Waals surface area contributed by atoms with Crippen LogP contribution in [0.25, 0.3) is 0 Å². The predicted molar refractivity (Wildman–Crippen MR) is 68.1 cm³/mol. The number of thiazole rings is 1. The Bertz CT molecular complexity index is 548. The molecule has 0 saturated carbocycles. The lowest BCUT2D eigenvalue weighted by Crippen LogP contribution is -2.28. The van der Waals surface area contributed by atoms with E-state index in [9.17, 15) is 4.79 Å². The minimum atomic E-state index is -0.263. The van der Waals surface area contributed by atoms with Crippen LogP contribution in [0.2, 0.25) is 0 Å². The van der Waals surface area contributed by atoms with E-state index in [1.54, 1.807) is 11.7 Å². The van der Waals surface area contributed by atoms with Gasteiger partial charge >= 0.3 is 0 Å². The van der Waals surface area contributed by atoms with Crippen molar-refractivity contribution in [1.29, 1.82) is 0 Å². The molecule has 0 unspecified atom stereocenters. The SMILES string of the molecule is CCn1cnnc1[C@H](C)NC(=O)c1csc(N)n1. The van der Waals surface area contributed by atoms with Crippen LogP contribution < -0.4 is 11.1 Å². The highest BCUT2D eigenvalue weighted by atomic mass is 32.1. The molecule has 2 rings (SSSR count). The zero-order valence-corrected chi connectivity index (χ0v) is 10.9. The molecule has 0 aromatic carbocycles. The van der Waals surface area contributed by atoms with Crippen molar-refractivity contribution in [3.63, 3.8) is 0 Å². The summed E-state index contributed by atoms with van der Waals surface area (Å²) in [5.41, 5.74) is 5.81. The first-order valence-corrected chi connectivity index (χ1v) is 6.39. The smallest absolute Gasteiger partial charge is 0.271 e. The standard InChI is InChI=1S/C10H14N6OS/c1-3-16-5-12-15-8(16)6(2)13-9(17)7-4-18-10(11)14-7/h4-6H,3H2,1-2H3,(H2,11,14)(H,13,17)/t6-/m0/s1. The van der Waals surface area contributed by atoms with Gasteiger partial charge in [-0.1, -0.05) is 0 Å². The van der Waals surface area contributed by atoms with Crippen LogP contribution in [-0.4, -0.2) is 25.7 Å². The summed E-state index contributed by atoms with van der Waals surface area (Å²) < 4.78 is 1.88. The van der Waals surface area contributed by atoms with Crippen LogP contribution in [0.5, 0.6) is 0 Å². The van der Waals surface area contributed by atoms with Crippen molar-refractivity contribution in [1.82, 2.24) is 25.1 Å². The minimum absolute atomic E-state index is 0.233. The van der Waals surface area contributed by atoms with E-state index >= 15 is 0 Å². The third-order valence-corrected chi connectivity index (χ3v) is 3.15. The third-order valence-electron chi connectivity index (χ3n) is 2.48. The molecule has 0 saturated heterocycles. The highest BCUT2D eigenvalue weighted by Crippen LogP contribution is 2.13. The van der Waals surface area contributed by atoms with E-state index in [0.717, 1.165) is 6.54 Å². The molecule has 0 aliphatic heterocycles. The topological polar surface area (TPSA) is 98.7 Å². The van der Waals surface area contributed by atoms with Gasteiger partial charge in [0.2, 0.25) is 0 Å². The van der Waals surface area contributed by atoms with Crippen molar-refractivity contribution in [3.8, 4) is 0 Å². The van der Waals surface area contributed by atoms with Crippen molar-refractivity contribution in [3.05, 3.63) is 23.2 Å². The molecule has 3 N–H and O–H groups in total. The number of aromatic nitrogens is 4. The number of rotatable bonds is 4. The van der Waals surface area contributed by atoms with Gasteiger partial charge in [-0.2, -0.15) is 0 Å². The van der Waals surface area contributed by atoms with Crippen molar-refractivity contribution in [2.24, 2.45) is 0 Å². The largest absolute Gasteiger partial charge is 0.375 e. The summed E-state index contributed by atoms with van der Waals surface area (Å²) in [7, 11) is 0. The van der Waals surface area contributed by atoms with Gasteiger partial charge in [-0.3, -0.25) is 4.79 Å². The quantitative estimate of drug-likeness (QED) is 0.854. The number of hydrogen-bond donors (Lipinski definition) is 2. The fraction of sp³-hybridized carbons (Fsp3) is 0.400. The van der Waals surface area contributed by atoms with Crippen molar-refractivity contribution >= 4 is 22.4 Å². The van der Waals surface area contributed by atoms with Crippen LogP contribution in [0.15, 0.2) is 11.7 Å². The Morgan fingerprint density at radius 3 is 3.06 bits per heavy atom. The van der Waals surface area contributed by atoms with Crippen LogP contribution in [0.3, 0.4) is 0 Å². The molecule has 7 nitrogen and oxygen atoms in total. The summed E-state index contributed by atoms with van der Waals surface area (Å²) in [5.74, 6) is 0.454. The normalized spacial score (nSPS) is 12.3. The van der Waals surface area contributed by atoms with E-state index in [1.165, 1.54) is 11.3 Å². The Morgan fingerprint density at radius 1 is 1.67 bits per heavy atom. The molecule has 18 heavy (non-hydrogen) atoms. The number of carbonyl (C=O) groups is 1. The first-order chi connectivity index (χ1) is 8.61. The molecule has 2 aromatic rings. The lowest BCUT2D eigenvalue weighted by Gasteiger charge is -2.12. The zero-order valence-electron chi connectivity index (χ0n) is 10.1. The summed E-state index contributed by atoms with van der Waals surface area (Å²) >= 11 is 1.24. The Morgan fingerprint density at radius 2 is 2.44 bits per heavy atom. The molecular formula is C10H14N6OS. The highest BCUT2D eigenvalue weighted by Gasteiger charge is 2.17. The number of carbonyl (C=O) groups excluding carboxylic acids is 1. The average molecular weight is 266 g/mol. The highest BCUT2D eigenvalue weighted by molar-refractivity contribution is 7.13. The molecule has 0 bridgehead atoms. The fourth-order valence-corrected chi connectivity index (χ4v) is 2.11. The molecule has 2 aromatic heterocycles. The van der Waals surface area contributed by atoms with E-state index in [2.05, 4.69) is 20.5 Å². The molecule has 1 amide bonds. The number of anilines is 1. The van der Waals surface area contributed by atoms with E-state index in [4.69, 9.17) is 5.73 Å². The van der Waals surface area contributed by atoms with Gasteiger partial charge in [0.1, 0.15) is 12.0 Å². The number of nitrogen functional groups attached to an aromatic ring is 1. The summed E-state index contributed by atoms with van der Waals surface area (Å²) in [6.45, 7) is 4.60. The number of aryl methyl sites for hydroxylation is 1. The van der Waals surface area contributed by atoms with Gasteiger partial charge in [0.25, 0.3) is 5.91 Å². The lowest BCUT2D eigenvalue weighted by molar-refractivity contribution is 0.0933. The molecule has 0 radical (unpaired) electrons. The van der Waals surface area contributed by atoms with Crippen LogP contribution in [0.1, 0.15) is 36.2 Å². The monoisotopic (exact) mass is 266 g/mol. The third kappa shape index (κ3) is 2.48. The molecule has 0 spiro atoms. The average Bonchev–Trinajstić information content (AvgIpc) is 2.96. The number of hydrogen-bond acceptors (Lipinski definition) is 6. The van der Waals surface area contributed by atoms with Crippen molar-refractivity contribution in [2.75, 3.05) is 5.73 Å². The van der Waals surface area contributed by atoms with E-state index in [-0.39, 0.29) is 11.9 Å². The molecular weight excluding hydrogens is 252 g/mol. The maximum absolute atomic E-state index is 11.9. The maximum Gasteiger partial charge on any atom is 0.271 e. The van der Waals surface area contributed by atoms with E-state index in [1.807, 2.05) is 18.4 Å². The van der Waals surface area contributed by atoms with Gasteiger partial charge in [-0.25, -0.2) is 4.98 Å². The first-order valence-electron chi connectivity index (χ1n) is 5.51. The summed E-state index contributed by atoms with van der Waals surface area (Å²) in [5, 5.41) is 12.6. The number of nitrogens with two attached hydrogens (primary N) is 1. The Kier molecular flexibility index (Phi) is 3.56. The van der Waals surface area contributed by atoms with Gasteiger partial charge in [0.15, 0.2) is 11.0 Å². The molecule has 0 fully saturated rings. The Balaban J connectivity index is 2.08. The molecule has 0 aliphatic carbocycles. The second-order valence-electron chi connectivity index (χ2n) is 3.74. The second-order valence-corrected chi connectivity index (χ2v) is 4.63. The Hall–Kier alpha value is -1.96. The second kappa shape index (κ2) is 5.13. The lowest BCUT2D eigenvalue weighted by atomic mass is 10.3. The molecule has 8 heteroatoms. The zero-order chi connectivity index (χ0) is 13.1. The van der Waals surface area contributed by atoms with Crippen LogP contribution in [0, 0.1) is 0 Å². The van der Waals surface area contributed by atoms with Gasteiger partial charge in [0, 0.05) is 11.9 Å². The Labute approximate surface area is 108 Å². The minimum Gasteiger partial charge on any atom is -0.375 e. The number of nitrogens with one attached hydrogen (secondary N) is 1. The van der Waals surface area contributed by atoms with Gasteiger partial charge in [-0.15, -0.1) is 21.5 Å². The maximum atomic E-state index is 11.9. The van der Waals surface area contributed by atoms with E-state index in [0.29, 0.717) is 16.6 Å². The first kappa shape index (κ1) is 12.5. The van der Waals surface area contributed by atoms with Crippen molar-refractivity contribution < 1.29 is 4.79 Å². The molecule has 0 aliphatic rings. The van der Waals surface area contributed by atoms with Gasteiger partial charge in [-0.05, 0) is 13.8 Å². The molecule has 2 heterocycles. The summed E-state index contributed by atoms with van der Waals surface area (Å²) in [6.07, 6.45) is 1.64. The number of amides is 1. The van der Waals surface area contributed by atoms with Gasteiger partial charge < -0.3 is 15.6 Å². The molecule has 1 atom stereocenters. The fourth-order valence-electron chi connectivity index (χ4n) is 1.57. The van der Waals surface area contributed by atoms with Crippen molar-refractivity contribution in [2.45, 2.75) is 26.4 Å². The van der Waals surface area contributed by atoms with Crippen LogP contribution in [-0.2, 0) is 6.54 Å². The number of nitrogens with zero attached hydrogens (tertiary/aromatic N) is 4.